The highest BCUT2D eigenvalue weighted by atomic mass is 16.3. The van der Waals surface area contributed by atoms with Crippen molar-refractivity contribution in [2.75, 3.05) is 0 Å². The van der Waals surface area contributed by atoms with Crippen LogP contribution in [0, 0.1) is 6.85 Å². The van der Waals surface area contributed by atoms with Gasteiger partial charge in [0.25, 0.3) is 0 Å². The minimum atomic E-state index is -2.21. The molecule has 96 valence electrons. The molecule has 0 aliphatic heterocycles. The van der Waals surface area contributed by atoms with Crippen molar-refractivity contribution >= 4 is 21.9 Å². The largest absolute Gasteiger partial charge is 0.454 e. The Balaban J connectivity index is 1.99. The highest BCUT2D eigenvalue weighted by molar-refractivity contribution is 6.05. The van der Waals surface area contributed by atoms with Crippen LogP contribution in [0.15, 0.2) is 59.4 Å². The van der Waals surface area contributed by atoms with Crippen molar-refractivity contribution in [1.82, 2.24) is 9.97 Å². The molecule has 0 radical (unpaired) electrons. The van der Waals surface area contributed by atoms with Gasteiger partial charge in [-0.25, -0.2) is 0 Å². The molecule has 3 heteroatoms. The molecule has 0 amide bonds. The number of hydrogen-bond acceptors (Lipinski definition) is 3. The second-order valence-corrected chi connectivity index (χ2v) is 4.59. The van der Waals surface area contributed by atoms with Crippen LogP contribution in [0.25, 0.3) is 33.2 Å². The molecular formula is C17H12N2O. The average molecular weight is 263 g/mol. The highest BCUT2D eigenvalue weighted by Gasteiger charge is 2.10. The number of furan rings is 1. The van der Waals surface area contributed by atoms with E-state index in [0.717, 1.165) is 16.4 Å². The molecule has 0 N–H and O–H groups in total. The van der Waals surface area contributed by atoms with E-state index in [9.17, 15) is 0 Å². The Morgan fingerprint density at radius 3 is 2.95 bits per heavy atom. The van der Waals surface area contributed by atoms with Crippen molar-refractivity contribution in [2.24, 2.45) is 0 Å². The summed E-state index contributed by atoms with van der Waals surface area (Å²) in [4.78, 5) is 8.41. The first-order chi connectivity index (χ1) is 11.0. The number of nitrogens with zero attached hydrogens (tertiary/aromatic N) is 2. The summed E-state index contributed by atoms with van der Waals surface area (Å²) in [5.41, 5.74) is 2.79. The summed E-state index contributed by atoms with van der Waals surface area (Å²) in [5, 5.41) is 1.89. The number of pyridine rings is 2. The molecule has 0 unspecified atom stereocenters. The van der Waals surface area contributed by atoms with Crippen molar-refractivity contribution in [3.05, 3.63) is 60.6 Å². The lowest BCUT2D eigenvalue weighted by atomic mass is 10.1. The van der Waals surface area contributed by atoms with Crippen LogP contribution in [0.1, 0.15) is 9.68 Å². The van der Waals surface area contributed by atoms with Crippen LogP contribution in [0.5, 0.6) is 0 Å². The lowest BCUT2D eigenvalue weighted by molar-refractivity contribution is 0.667. The van der Waals surface area contributed by atoms with Gasteiger partial charge in [0, 0.05) is 32.8 Å². The summed E-state index contributed by atoms with van der Waals surface area (Å²) in [7, 11) is 0. The Bertz CT molecular complexity index is 1020. The van der Waals surface area contributed by atoms with E-state index in [0.29, 0.717) is 16.8 Å². The Kier molecular flexibility index (Phi) is 1.77. The van der Waals surface area contributed by atoms with E-state index in [1.165, 1.54) is 18.5 Å². The van der Waals surface area contributed by atoms with Crippen LogP contribution in [0.2, 0.25) is 0 Å². The van der Waals surface area contributed by atoms with Crippen molar-refractivity contribution in [1.29, 1.82) is 0 Å². The molecule has 0 saturated carbocycles. The van der Waals surface area contributed by atoms with E-state index in [1.54, 1.807) is 6.20 Å². The summed E-state index contributed by atoms with van der Waals surface area (Å²) in [6, 6.07) is 11.1. The van der Waals surface area contributed by atoms with E-state index in [-0.39, 0.29) is 5.56 Å². The lowest BCUT2D eigenvalue weighted by Crippen LogP contribution is -1.87. The molecule has 20 heavy (non-hydrogen) atoms. The second kappa shape index (κ2) is 4.17. The molecule has 3 nitrogen and oxygen atoms in total. The molecule has 0 atom stereocenters. The summed E-state index contributed by atoms with van der Waals surface area (Å²) in [5.74, 6) is 0. The Morgan fingerprint density at radius 1 is 1.05 bits per heavy atom. The minimum Gasteiger partial charge on any atom is -0.454 e. The van der Waals surface area contributed by atoms with Crippen LogP contribution in [0.4, 0.5) is 0 Å². The van der Waals surface area contributed by atoms with Gasteiger partial charge in [-0.3, -0.25) is 9.97 Å². The average Bonchev–Trinajstić information content (AvgIpc) is 2.92. The maximum absolute atomic E-state index is 7.69. The van der Waals surface area contributed by atoms with Gasteiger partial charge in [-0.15, -0.1) is 0 Å². The summed E-state index contributed by atoms with van der Waals surface area (Å²) in [6.07, 6.45) is 4.65. The third-order valence-electron chi connectivity index (χ3n) is 3.36. The molecule has 4 rings (SSSR count). The van der Waals surface area contributed by atoms with E-state index in [2.05, 4.69) is 9.97 Å². The zero-order valence-corrected chi connectivity index (χ0v) is 10.5. The first-order valence-electron chi connectivity index (χ1n) is 7.76. The van der Waals surface area contributed by atoms with Crippen molar-refractivity contribution < 1.29 is 8.53 Å². The molecule has 0 aliphatic carbocycles. The van der Waals surface area contributed by atoms with E-state index in [4.69, 9.17) is 8.53 Å². The molecule has 0 bridgehead atoms. The van der Waals surface area contributed by atoms with E-state index >= 15 is 0 Å². The minimum absolute atomic E-state index is 0.243. The predicted molar refractivity (Wildman–Crippen MR) is 79.5 cm³/mol. The number of aryl methyl sites for hydroxylation is 1. The number of para-hydroxylation sites is 1. The van der Waals surface area contributed by atoms with Crippen molar-refractivity contribution in [3.8, 4) is 11.3 Å². The van der Waals surface area contributed by atoms with E-state index < -0.39 is 6.85 Å². The fraction of sp³-hybridized carbons (Fsp3) is 0.0588. The Morgan fingerprint density at radius 2 is 2.00 bits per heavy atom. The number of aromatic nitrogens is 2. The molecule has 1 aromatic carbocycles. The van der Waals surface area contributed by atoms with Gasteiger partial charge in [-0.05, 0) is 30.6 Å². The summed E-state index contributed by atoms with van der Waals surface area (Å²) in [6.45, 7) is -2.21. The van der Waals surface area contributed by atoms with Gasteiger partial charge >= 0.3 is 0 Å². The molecule has 4 aromatic rings. The van der Waals surface area contributed by atoms with E-state index in [1.807, 2.05) is 30.3 Å². The third kappa shape index (κ3) is 1.60. The normalized spacial score (nSPS) is 14.1. The zero-order chi connectivity index (χ0) is 16.0. The molecule has 0 spiro atoms. The first kappa shape index (κ1) is 8.48. The zero-order valence-electron chi connectivity index (χ0n) is 13.5. The molecule has 3 aromatic heterocycles. The van der Waals surface area contributed by atoms with Crippen LogP contribution < -0.4 is 0 Å². The second-order valence-electron chi connectivity index (χ2n) is 4.59. The first-order valence-corrected chi connectivity index (χ1v) is 6.26. The maximum Gasteiger partial charge on any atom is 0.153 e. The van der Waals surface area contributed by atoms with Gasteiger partial charge in [0.2, 0.25) is 0 Å². The smallest absolute Gasteiger partial charge is 0.153 e. The van der Waals surface area contributed by atoms with Gasteiger partial charge in [0.1, 0.15) is 5.58 Å². The molecule has 3 heterocycles. The highest BCUT2D eigenvalue weighted by Crippen LogP contribution is 2.31. The van der Waals surface area contributed by atoms with Crippen LogP contribution in [-0.4, -0.2) is 9.97 Å². The fourth-order valence-electron chi connectivity index (χ4n) is 2.38. The Hall–Kier alpha value is -2.68. The quantitative estimate of drug-likeness (QED) is 0.512. The van der Waals surface area contributed by atoms with Crippen molar-refractivity contribution in [3.63, 3.8) is 0 Å². The van der Waals surface area contributed by atoms with Crippen LogP contribution in [0.3, 0.4) is 0 Å². The monoisotopic (exact) mass is 263 g/mol. The number of rotatable bonds is 1. The van der Waals surface area contributed by atoms with Gasteiger partial charge in [0.05, 0.1) is 11.9 Å². The Labute approximate surface area is 120 Å². The lowest BCUT2D eigenvalue weighted by Gasteiger charge is -2.03. The van der Waals surface area contributed by atoms with Crippen molar-refractivity contribution in [2.45, 2.75) is 6.85 Å². The number of hydrogen-bond donors (Lipinski definition) is 0. The molecule has 0 aliphatic rings. The topological polar surface area (TPSA) is 38.9 Å². The molecule has 0 fully saturated rings. The molecular weight excluding hydrogens is 248 g/mol. The molecule has 0 saturated heterocycles. The predicted octanol–water partition coefficient (Wildman–Crippen LogP) is 4.35. The maximum atomic E-state index is 7.69. The van der Waals surface area contributed by atoms with Gasteiger partial charge in [0.15, 0.2) is 5.58 Å². The standard InChI is InChI=1S/C17H12N2O/c1-11-6-7-18-9-14(11)15-8-13-12-4-2-3-5-16(12)20-17(13)10-19-15/h2-10H,1H3/i1D3. The van der Waals surface area contributed by atoms with Gasteiger partial charge in [-0.2, -0.15) is 0 Å². The van der Waals surface area contributed by atoms with Gasteiger partial charge < -0.3 is 4.42 Å². The number of benzene rings is 1. The summed E-state index contributed by atoms with van der Waals surface area (Å²) < 4.78 is 28.8. The third-order valence-corrected chi connectivity index (χ3v) is 3.36. The van der Waals surface area contributed by atoms with Gasteiger partial charge in [-0.1, -0.05) is 18.2 Å². The SMILES string of the molecule is [2H]C([2H])([2H])c1ccncc1-c1cc2c(cn1)oc1ccccc12. The van der Waals surface area contributed by atoms with Crippen LogP contribution >= 0.6 is 0 Å². The fourth-order valence-corrected chi connectivity index (χ4v) is 2.38. The number of fused-ring (bicyclic) bond motifs is 3. The van der Waals surface area contributed by atoms with Crippen LogP contribution in [-0.2, 0) is 0 Å². The summed E-state index contributed by atoms with van der Waals surface area (Å²) >= 11 is 0.